The number of rotatable bonds is 4. The molecule has 6 nitrogen and oxygen atoms in total. The minimum absolute atomic E-state index is 0.150. The Kier molecular flexibility index (Phi) is 6.32. The van der Waals surface area contributed by atoms with Gasteiger partial charge in [-0.1, -0.05) is 11.6 Å². The van der Waals surface area contributed by atoms with Gasteiger partial charge in [-0.05, 0) is 80.4 Å². The van der Waals surface area contributed by atoms with Crippen molar-refractivity contribution in [1.29, 1.82) is 0 Å². The van der Waals surface area contributed by atoms with Crippen LogP contribution in [0.25, 0.3) is 28.1 Å². The molecule has 6 rings (SSSR count). The van der Waals surface area contributed by atoms with Gasteiger partial charge >= 0.3 is 0 Å². The molecule has 0 saturated carbocycles. The van der Waals surface area contributed by atoms with Gasteiger partial charge in [-0.25, -0.2) is 9.37 Å². The Morgan fingerprint density at radius 3 is 2.62 bits per heavy atom. The van der Waals surface area contributed by atoms with Crippen molar-refractivity contribution in [3.63, 3.8) is 0 Å². The third kappa shape index (κ3) is 4.80. The van der Waals surface area contributed by atoms with Crippen molar-refractivity contribution in [2.45, 2.75) is 25.8 Å². The van der Waals surface area contributed by atoms with E-state index in [-0.39, 0.29) is 11.9 Å². The summed E-state index contributed by atoms with van der Waals surface area (Å²) in [6.45, 7) is 3.36. The lowest BCUT2D eigenvalue weighted by atomic mass is 10.1. The maximum absolute atomic E-state index is 14.4. The van der Waals surface area contributed by atoms with Gasteiger partial charge in [0.25, 0.3) is 0 Å². The molecule has 37 heavy (non-hydrogen) atoms. The van der Waals surface area contributed by atoms with Gasteiger partial charge in [0.15, 0.2) is 0 Å². The minimum Gasteiger partial charge on any atom is -0.381 e. The smallest absolute Gasteiger partial charge is 0.125 e. The zero-order valence-corrected chi connectivity index (χ0v) is 21.0. The average molecular weight is 514 g/mol. The minimum atomic E-state index is -0.325. The molecule has 1 N–H and O–H groups in total. The molecular weight excluding hydrogens is 489 g/mol. The molecule has 0 amide bonds. The molecule has 3 heterocycles. The zero-order valence-electron chi connectivity index (χ0n) is 20.3. The Morgan fingerprint density at radius 2 is 1.84 bits per heavy atom. The number of pyridine rings is 1. The molecule has 0 spiro atoms. The third-order valence-electron chi connectivity index (χ3n) is 6.63. The quantitative estimate of drug-likeness (QED) is 0.280. The second-order valence-corrected chi connectivity index (χ2v) is 9.59. The van der Waals surface area contributed by atoms with E-state index in [2.05, 4.69) is 10.3 Å². The number of hydrogen-bond acceptors (Lipinski definition) is 5. The van der Waals surface area contributed by atoms with Crippen LogP contribution in [0.15, 0.2) is 77.9 Å². The SMILES string of the molecule is Cc1ncccc1Nc1cc2nc3ccc(F)cc3n(-c3ccc(Cl)cc3)c-2c/c1=N\C1CCOCC1. The Hall–Kier alpha value is -3.81. The molecule has 8 heteroatoms. The highest BCUT2D eigenvalue weighted by molar-refractivity contribution is 6.30. The van der Waals surface area contributed by atoms with E-state index in [0.29, 0.717) is 29.3 Å². The summed E-state index contributed by atoms with van der Waals surface area (Å²) in [4.78, 5) is 14.5. The number of nitrogens with one attached hydrogen (secondary N) is 1. The fraction of sp³-hybridized carbons (Fsp3) is 0.207. The summed E-state index contributed by atoms with van der Waals surface area (Å²) in [6, 6.07) is 20.2. The van der Waals surface area contributed by atoms with Crippen LogP contribution >= 0.6 is 11.6 Å². The van der Waals surface area contributed by atoms with Gasteiger partial charge in [0, 0.05) is 36.2 Å². The van der Waals surface area contributed by atoms with Crippen LogP contribution in [0, 0.1) is 12.7 Å². The number of anilines is 2. The van der Waals surface area contributed by atoms with Crippen LogP contribution in [-0.2, 0) is 4.74 Å². The highest BCUT2D eigenvalue weighted by atomic mass is 35.5. The molecule has 186 valence electrons. The molecule has 0 bridgehead atoms. The van der Waals surface area contributed by atoms with Crippen molar-refractivity contribution in [2.75, 3.05) is 18.5 Å². The maximum Gasteiger partial charge on any atom is 0.125 e. The summed E-state index contributed by atoms with van der Waals surface area (Å²) in [5.41, 5.74) is 6.40. The molecule has 1 fully saturated rings. The number of halogens is 2. The van der Waals surface area contributed by atoms with Crippen LogP contribution in [0.3, 0.4) is 0 Å². The largest absolute Gasteiger partial charge is 0.381 e. The van der Waals surface area contributed by atoms with Gasteiger partial charge < -0.3 is 14.6 Å². The molecule has 3 aromatic rings. The second kappa shape index (κ2) is 9.92. The van der Waals surface area contributed by atoms with E-state index < -0.39 is 0 Å². The van der Waals surface area contributed by atoms with Crippen LogP contribution in [0.2, 0.25) is 5.02 Å². The standard InChI is InChI=1S/C29H25ClFN5O/c1-18-23(3-2-12-32-18)34-25-16-27-29(17-26(25)33-21-10-13-37-14-11-21)36(22-7-4-19(30)5-8-22)28-15-20(31)6-9-24(28)35-27/h2-9,12,15-17,21,34H,10-11,13-14H2,1H3/b33-26+. The molecule has 3 aliphatic rings. The highest BCUT2D eigenvalue weighted by Gasteiger charge is 2.19. The molecule has 0 atom stereocenters. The number of ether oxygens (including phenoxy) is 1. The summed E-state index contributed by atoms with van der Waals surface area (Å²) >= 11 is 6.18. The number of benzene rings is 3. The molecule has 2 aromatic carbocycles. The van der Waals surface area contributed by atoms with Crippen molar-refractivity contribution < 1.29 is 9.13 Å². The topological polar surface area (TPSA) is 64.3 Å². The Bertz CT molecular complexity index is 1630. The van der Waals surface area contributed by atoms with E-state index in [1.165, 1.54) is 12.1 Å². The highest BCUT2D eigenvalue weighted by Crippen LogP contribution is 2.31. The van der Waals surface area contributed by atoms with Gasteiger partial charge in [0.05, 0.1) is 50.9 Å². The fourth-order valence-electron chi connectivity index (χ4n) is 4.71. The molecule has 1 aliphatic carbocycles. The van der Waals surface area contributed by atoms with Crippen molar-refractivity contribution in [3.8, 4) is 17.1 Å². The van der Waals surface area contributed by atoms with E-state index in [1.54, 1.807) is 12.3 Å². The first kappa shape index (κ1) is 23.6. The van der Waals surface area contributed by atoms with Gasteiger partial charge in [-0.3, -0.25) is 9.98 Å². The van der Waals surface area contributed by atoms with Crippen molar-refractivity contribution in [2.24, 2.45) is 4.99 Å². The first-order valence-electron chi connectivity index (χ1n) is 12.3. The van der Waals surface area contributed by atoms with E-state index in [9.17, 15) is 4.39 Å². The monoisotopic (exact) mass is 513 g/mol. The molecule has 0 unspecified atom stereocenters. The van der Waals surface area contributed by atoms with Gasteiger partial charge in [0.1, 0.15) is 5.82 Å². The number of aromatic nitrogens is 3. The lowest BCUT2D eigenvalue weighted by Crippen LogP contribution is -2.23. The summed E-state index contributed by atoms with van der Waals surface area (Å²) in [7, 11) is 0. The van der Waals surface area contributed by atoms with Crippen LogP contribution in [0.4, 0.5) is 15.8 Å². The zero-order chi connectivity index (χ0) is 25.4. The fourth-order valence-corrected chi connectivity index (χ4v) is 4.84. The van der Waals surface area contributed by atoms with Crippen LogP contribution < -0.4 is 10.7 Å². The summed E-state index contributed by atoms with van der Waals surface area (Å²) < 4.78 is 22.0. The third-order valence-corrected chi connectivity index (χ3v) is 6.88. The predicted molar refractivity (Wildman–Crippen MR) is 144 cm³/mol. The van der Waals surface area contributed by atoms with Gasteiger partial charge in [-0.15, -0.1) is 0 Å². The van der Waals surface area contributed by atoms with Gasteiger partial charge in [-0.2, -0.15) is 0 Å². The lowest BCUT2D eigenvalue weighted by molar-refractivity contribution is 0.0864. The molecule has 0 radical (unpaired) electrons. The van der Waals surface area contributed by atoms with Crippen molar-refractivity contribution in [3.05, 3.63) is 94.8 Å². The molecule has 1 saturated heterocycles. The van der Waals surface area contributed by atoms with Crippen LogP contribution in [0.1, 0.15) is 18.5 Å². The summed E-state index contributed by atoms with van der Waals surface area (Å²) in [5.74, 6) is -0.325. The van der Waals surface area contributed by atoms with E-state index >= 15 is 0 Å². The normalized spacial score (nSPS) is 14.9. The predicted octanol–water partition coefficient (Wildman–Crippen LogP) is 6.45. The number of aryl methyl sites for hydroxylation is 1. The maximum atomic E-state index is 14.4. The number of nitrogens with zero attached hydrogens (tertiary/aromatic N) is 4. The van der Waals surface area contributed by atoms with E-state index in [0.717, 1.165) is 52.3 Å². The first-order valence-corrected chi connectivity index (χ1v) is 12.7. The van der Waals surface area contributed by atoms with Crippen LogP contribution in [-0.4, -0.2) is 33.8 Å². The lowest BCUT2D eigenvalue weighted by Gasteiger charge is -2.22. The Labute approximate surface area is 218 Å². The molecule has 2 aliphatic heterocycles. The number of hydrogen-bond donors (Lipinski definition) is 1. The summed E-state index contributed by atoms with van der Waals surface area (Å²) in [5, 5.41) is 4.97. The Morgan fingerprint density at radius 1 is 1.03 bits per heavy atom. The van der Waals surface area contributed by atoms with E-state index in [4.69, 9.17) is 26.3 Å². The van der Waals surface area contributed by atoms with E-state index in [1.807, 2.05) is 60.0 Å². The summed E-state index contributed by atoms with van der Waals surface area (Å²) in [6.07, 6.45) is 3.50. The number of fused-ring (bicyclic) bond motifs is 2. The molecule has 1 aromatic heterocycles. The average Bonchev–Trinajstić information content (AvgIpc) is 2.90. The van der Waals surface area contributed by atoms with Crippen molar-refractivity contribution in [1.82, 2.24) is 14.5 Å². The van der Waals surface area contributed by atoms with Gasteiger partial charge in [0.2, 0.25) is 0 Å². The molecular formula is C29H25ClFN5O. The second-order valence-electron chi connectivity index (χ2n) is 9.15. The first-order chi connectivity index (χ1) is 18.0. The van der Waals surface area contributed by atoms with Crippen LogP contribution in [0.5, 0.6) is 0 Å². The van der Waals surface area contributed by atoms with Crippen molar-refractivity contribution >= 4 is 34.0 Å². The Balaban J connectivity index is 1.64.